The molecule has 172 valence electrons. The van der Waals surface area contributed by atoms with Gasteiger partial charge < -0.3 is 20.7 Å². The van der Waals surface area contributed by atoms with E-state index in [-0.39, 0.29) is 35.4 Å². The molecule has 0 aliphatic carbocycles. The Morgan fingerprint density at radius 3 is 2.70 bits per heavy atom. The number of aliphatic imine (C=N–C) groups is 1. The number of nitrogens with zero attached hydrogens (tertiary/aromatic N) is 4. The molecule has 3 rings (SSSR count). The lowest BCUT2D eigenvalue weighted by molar-refractivity contribution is 0.0636. The highest BCUT2D eigenvalue weighted by Crippen LogP contribution is 2.18. The minimum absolute atomic E-state index is 0.00603. The minimum Gasteiger partial charge on any atom is -0.444 e. The fourth-order valence-electron chi connectivity index (χ4n) is 2.60. The number of ether oxygens (including phenoxy) is 1. The van der Waals surface area contributed by atoms with Crippen molar-refractivity contribution >= 4 is 29.0 Å². The normalized spacial score (nSPS) is 12.5. The van der Waals surface area contributed by atoms with E-state index < -0.39 is 11.7 Å². The third-order valence-corrected chi connectivity index (χ3v) is 4.08. The quantitative estimate of drug-likeness (QED) is 0.479. The van der Waals surface area contributed by atoms with Gasteiger partial charge in [-0.25, -0.2) is 19.2 Å². The maximum absolute atomic E-state index is 14.0. The van der Waals surface area contributed by atoms with Crippen LogP contribution in [0.2, 0.25) is 0 Å². The van der Waals surface area contributed by atoms with Gasteiger partial charge in [0, 0.05) is 11.6 Å². The first-order chi connectivity index (χ1) is 15.6. The highest BCUT2D eigenvalue weighted by Gasteiger charge is 2.18. The van der Waals surface area contributed by atoms with Crippen molar-refractivity contribution in [3.63, 3.8) is 0 Å². The van der Waals surface area contributed by atoms with Crippen molar-refractivity contribution in [2.45, 2.75) is 32.9 Å². The molecule has 0 aliphatic heterocycles. The number of rotatable bonds is 6. The second kappa shape index (κ2) is 9.90. The standard InChI is InChI=1S/C22H24FN7O3/c1-22(2,3)33-21(31)28-18-12-27-20(29-19(18)25)15(24)10-17(16-8-9-32-30-16)26-11-13-6-4-5-7-14(13)23/h4-10,12H,11,24H2,1-3H3,(H,28,31)(H2,25,27,29). The molecule has 0 saturated heterocycles. The number of carbonyl (C=O) groups is 1. The number of allylic oxidation sites excluding steroid dienone is 1. The first-order valence-electron chi connectivity index (χ1n) is 9.91. The lowest BCUT2D eigenvalue weighted by Crippen LogP contribution is -2.27. The van der Waals surface area contributed by atoms with Gasteiger partial charge >= 0.3 is 6.09 Å². The Bertz CT molecular complexity index is 1180. The van der Waals surface area contributed by atoms with Gasteiger partial charge in [0.05, 0.1) is 24.2 Å². The zero-order valence-electron chi connectivity index (χ0n) is 18.4. The predicted octanol–water partition coefficient (Wildman–Crippen LogP) is 3.52. The van der Waals surface area contributed by atoms with Crippen molar-refractivity contribution in [2.75, 3.05) is 11.1 Å². The molecule has 0 bridgehead atoms. The van der Waals surface area contributed by atoms with Crippen LogP contribution in [0.15, 0.2) is 58.4 Å². The summed E-state index contributed by atoms with van der Waals surface area (Å²) in [6.07, 6.45) is 3.48. The Kier molecular flexibility index (Phi) is 7.01. The van der Waals surface area contributed by atoms with E-state index in [4.69, 9.17) is 20.7 Å². The van der Waals surface area contributed by atoms with Crippen LogP contribution in [0.5, 0.6) is 0 Å². The average Bonchev–Trinajstić information content (AvgIpc) is 3.27. The molecule has 11 heteroatoms. The van der Waals surface area contributed by atoms with Crippen molar-refractivity contribution in [1.29, 1.82) is 0 Å². The number of anilines is 2. The van der Waals surface area contributed by atoms with Crippen LogP contribution in [0, 0.1) is 5.82 Å². The molecule has 0 radical (unpaired) electrons. The summed E-state index contributed by atoms with van der Waals surface area (Å²) in [5.41, 5.74) is 12.9. The molecule has 0 saturated carbocycles. The van der Waals surface area contributed by atoms with Crippen LogP contribution < -0.4 is 16.8 Å². The Hall–Kier alpha value is -4.28. The summed E-state index contributed by atoms with van der Waals surface area (Å²) >= 11 is 0. The molecular weight excluding hydrogens is 429 g/mol. The second-order valence-corrected chi connectivity index (χ2v) is 7.90. The SMILES string of the molecule is CC(C)(C)OC(=O)Nc1cnc(C(N)=CC(=NCc2ccccc2F)c2ccon2)nc1N. The van der Waals surface area contributed by atoms with E-state index >= 15 is 0 Å². The summed E-state index contributed by atoms with van der Waals surface area (Å²) in [5, 5.41) is 6.35. The van der Waals surface area contributed by atoms with Crippen molar-refractivity contribution in [3.8, 4) is 0 Å². The van der Waals surface area contributed by atoms with Crippen LogP contribution in [0.1, 0.15) is 37.9 Å². The summed E-state index contributed by atoms with van der Waals surface area (Å²) in [4.78, 5) is 24.6. The van der Waals surface area contributed by atoms with E-state index in [9.17, 15) is 9.18 Å². The largest absolute Gasteiger partial charge is 0.444 e. The highest BCUT2D eigenvalue weighted by molar-refractivity contribution is 6.10. The number of aromatic nitrogens is 3. The Morgan fingerprint density at radius 1 is 1.30 bits per heavy atom. The first kappa shape index (κ1) is 23.4. The van der Waals surface area contributed by atoms with E-state index in [1.807, 2.05) is 0 Å². The Morgan fingerprint density at radius 2 is 2.06 bits per heavy atom. The number of amides is 1. The Balaban J connectivity index is 1.84. The molecule has 1 amide bonds. The smallest absolute Gasteiger partial charge is 0.412 e. The van der Waals surface area contributed by atoms with Gasteiger partial charge in [-0.05, 0) is 32.9 Å². The molecule has 0 aliphatic rings. The molecule has 0 spiro atoms. The molecule has 0 fully saturated rings. The fourth-order valence-corrected chi connectivity index (χ4v) is 2.60. The summed E-state index contributed by atoms with van der Waals surface area (Å²) in [6.45, 7) is 5.27. The highest BCUT2D eigenvalue weighted by atomic mass is 19.1. The number of halogens is 1. The Labute approximate surface area is 189 Å². The maximum atomic E-state index is 14.0. The van der Waals surface area contributed by atoms with Crippen LogP contribution in [0.3, 0.4) is 0 Å². The number of hydrogen-bond donors (Lipinski definition) is 3. The molecule has 33 heavy (non-hydrogen) atoms. The van der Waals surface area contributed by atoms with Crippen molar-refractivity contribution in [1.82, 2.24) is 15.1 Å². The minimum atomic E-state index is -0.692. The molecule has 3 aromatic rings. The first-order valence-corrected chi connectivity index (χ1v) is 9.91. The lowest BCUT2D eigenvalue weighted by Gasteiger charge is -2.19. The van der Waals surface area contributed by atoms with Gasteiger partial charge in [-0.3, -0.25) is 10.3 Å². The van der Waals surface area contributed by atoms with Gasteiger partial charge in [0.1, 0.15) is 29.1 Å². The van der Waals surface area contributed by atoms with Crippen LogP contribution >= 0.6 is 0 Å². The van der Waals surface area contributed by atoms with Gasteiger partial charge in [-0.2, -0.15) is 0 Å². The molecule has 2 aromatic heterocycles. The van der Waals surface area contributed by atoms with E-state index in [0.717, 1.165) is 0 Å². The third kappa shape index (κ3) is 6.60. The number of nitrogens with one attached hydrogen (secondary N) is 1. The predicted molar refractivity (Wildman–Crippen MR) is 122 cm³/mol. The number of benzene rings is 1. The van der Waals surface area contributed by atoms with E-state index in [1.165, 1.54) is 24.6 Å². The molecular formula is C22H24FN7O3. The molecule has 0 atom stereocenters. The summed E-state index contributed by atoms with van der Waals surface area (Å²) in [7, 11) is 0. The molecule has 0 unspecified atom stereocenters. The van der Waals surface area contributed by atoms with Crippen LogP contribution in [0.25, 0.3) is 5.70 Å². The monoisotopic (exact) mass is 453 g/mol. The molecule has 10 nitrogen and oxygen atoms in total. The zero-order chi connectivity index (χ0) is 24.0. The van der Waals surface area contributed by atoms with Crippen LogP contribution in [-0.4, -0.2) is 32.5 Å². The van der Waals surface area contributed by atoms with Crippen molar-refractivity contribution in [3.05, 3.63) is 71.8 Å². The van der Waals surface area contributed by atoms with E-state index in [1.54, 1.807) is 45.0 Å². The molecule has 5 N–H and O–H groups in total. The van der Waals surface area contributed by atoms with Crippen molar-refractivity contribution < 1.29 is 18.4 Å². The van der Waals surface area contributed by atoms with E-state index in [0.29, 0.717) is 17.0 Å². The van der Waals surface area contributed by atoms with E-state index in [2.05, 4.69) is 25.4 Å². The number of hydrogen-bond acceptors (Lipinski definition) is 9. The average molecular weight is 453 g/mol. The van der Waals surface area contributed by atoms with Gasteiger partial charge in [0.2, 0.25) is 0 Å². The fraction of sp³-hybridized carbons (Fsp3) is 0.227. The number of nitrogen functional groups attached to an aromatic ring is 1. The maximum Gasteiger partial charge on any atom is 0.412 e. The van der Waals surface area contributed by atoms with Crippen LogP contribution in [-0.2, 0) is 11.3 Å². The van der Waals surface area contributed by atoms with Crippen LogP contribution in [0.4, 0.5) is 20.7 Å². The van der Waals surface area contributed by atoms with Gasteiger partial charge in [-0.15, -0.1) is 0 Å². The summed E-state index contributed by atoms with van der Waals surface area (Å²) in [6, 6.07) is 7.90. The zero-order valence-corrected chi connectivity index (χ0v) is 18.4. The number of carbonyl (C=O) groups excluding carboxylic acids is 1. The molecule has 1 aromatic carbocycles. The lowest BCUT2D eigenvalue weighted by atomic mass is 10.2. The van der Waals surface area contributed by atoms with Gasteiger partial charge in [0.15, 0.2) is 11.6 Å². The summed E-state index contributed by atoms with van der Waals surface area (Å²) in [5.74, 6) is -0.278. The topological polar surface area (TPSA) is 155 Å². The number of nitrogens with two attached hydrogens (primary N) is 2. The molecule has 2 heterocycles. The van der Waals surface area contributed by atoms with Crippen molar-refractivity contribution in [2.24, 2.45) is 10.7 Å². The van der Waals surface area contributed by atoms with Gasteiger partial charge in [-0.1, -0.05) is 23.4 Å². The second-order valence-electron chi connectivity index (χ2n) is 7.90. The third-order valence-electron chi connectivity index (χ3n) is 4.08. The summed E-state index contributed by atoms with van der Waals surface area (Å²) < 4.78 is 24.0. The van der Waals surface area contributed by atoms with Gasteiger partial charge in [0.25, 0.3) is 0 Å².